The molecule has 0 aromatic heterocycles. The molecule has 1 aliphatic rings. The Morgan fingerprint density at radius 3 is 2.91 bits per heavy atom. The van der Waals surface area contributed by atoms with Crippen LogP contribution in [0.2, 0.25) is 0 Å². The normalized spacial score (nSPS) is 16.7. The third kappa shape index (κ3) is 1.97. The maximum Gasteiger partial charge on any atom is 0.335 e. The first-order valence-electron chi connectivity index (χ1n) is 3.26. The summed E-state index contributed by atoms with van der Waals surface area (Å²) in [5.74, 6) is -0.924. The Morgan fingerprint density at radius 1 is 1.55 bits per heavy atom. The molecule has 0 bridgehead atoms. The number of nitrogens with two attached hydrogens (primary N) is 1. The molecule has 3 N–H and O–H groups in total. The fourth-order valence-electron chi connectivity index (χ4n) is 0.785. The second-order valence-corrected chi connectivity index (χ2v) is 2.28. The van der Waals surface area contributed by atoms with E-state index in [0.717, 1.165) is 0 Å². The molecule has 0 heterocycles. The molecule has 0 aromatic rings. The van der Waals surface area contributed by atoms with Crippen LogP contribution in [0.4, 0.5) is 0 Å². The van der Waals surface area contributed by atoms with Gasteiger partial charge < -0.3 is 10.8 Å². The van der Waals surface area contributed by atoms with Gasteiger partial charge in [0.1, 0.15) is 0 Å². The van der Waals surface area contributed by atoms with E-state index >= 15 is 0 Å². The summed E-state index contributed by atoms with van der Waals surface area (Å²) in [5, 5.41) is 8.56. The molecule has 58 valence electrons. The Labute approximate surface area is 64.5 Å². The minimum atomic E-state index is -0.924. The lowest BCUT2D eigenvalue weighted by Gasteiger charge is -1.87. The molecular weight excluding hydrogens is 142 g/mol. The van der Waals surface area contributed by atoms with Gasteiger partial charge in [-0.05, 0) is 12.2 Å². The van der Waals surface area contributed by atoms with Gasteiger partial charge in [-0.3, -0.25) is 0 Å². The van der Waals surface area contributed by atoms with Crippen LogP contribution in [0.3, 0.4) is 0 Å². The van der Waals surface area contributed by atoms with Crippen molar-refractivity contribution in [3.8, 4) is 0 Å². The van der Waals surface area contributed by atoms with Gasteiger partial charge in [0.25, 0.3) is 0 Å². The molecule has 1 aliphatic carbocycles. The summed E-state index contributed by atoms with van der Waals surface area (Å²) in [6, 6.07) is 0. The van der Waals surface area contributed by atoms with E-state index < -0.39 is 5.97 Å². The molecule has 0 saturated heterocycles. The van der Waals surface area contributed by atoms with E-state index in [0.29, 0.717) is 12.1 Å². The van der Waals surface area contributed by atoms with Crippen molar-refractivity contribution in [2.24, 2.45) is 5.73 Å². The highest BCUT2D eigenvalue weighted by Crippen LogP contribution is 2.06. The van der Waals surface area contributed by atoms with E-state index in [1.54, 1.807) is 18.2 Å². The number of hydrogen-bond acceptors (Lipinski definition) is 2. The van der Waals surface area contributed by atoms with Crippen molar-refractivity contribution < 1.29 is 9.90 Å². The molecule has 1 rings (SSSR count). The Hall–Kier alpha value is -1.51. The van der Waals surface area contributed by atoms with Crippen molar-refractivity contribution in [3.63, 3.8) is 0 Å². The van der Waals surface area contributed by atoms with Crippen molar-refractivity contribution in [2.75, 3.05) is 0 Å². The summed E-state index contributed by atoms with van der Waals surface area (Å²) in [6.45, 7) is 0. The zero-order valence-electron chi connectivity index (χ0n) is 5.95. The highest BCUT2D eigenvalue weighted by Gasteiger charge is 2.02. The predicted octanol–water partition coefficient (Wildman–Crippen LogP) is 0.800. The molecule has 0 radical (unpaired) electrons. The quantitative estimate of drug-likeness (QED) is 0.582. The molecule has 0 atom stereocenters. The summed E-state index contributed by atoms with van der Waals surface area (Å²) in [6.07, 6.45) is 7.02. The van der Waals surface area contributed by atoms with E-state index in [1.807, 2.05) is 0 Å². The minimum Gasteiger partial charge on any atom is -0.478 e. The molecule has 0 unspecified atom stereocenters. The van der Waals surface area contributed by atoms with Crippen molar-refractivity contribution in [2.45, 2.75) is 6.42 Å². The zero-order chi connectivity index (χ0) is 8.27. The molecule has 0 aromatic carbocycles. The maximum absolute atomic E-state index is 10.4. The number of rotatable bonds is 1. The second-order valence-electron chi connectivity index (χ2n) is 2.28. The van der Waals surface area contributed by atoms with Gasteiger partial charge in [0.2, 0.25) is 0 Å². The molecule has 0 saturated carbocycles. The lowest BCUT2D eigenvalue weighted by Crippen LogP contribution is -1.96. The summed E-state index contributed by atoms with van der Waals surface area (Å²) in [4.78, 5) is 10.4. The largest absolute Gasteiger partial charge is 0.478 e. The molecule has 0 spiro atoms. The number of hydrogen-bond donors (Lipinski definition) is 2. The number of allylic oxidation sites excluding steroid dienone is 3. The van der Waals surface area contributed by atoms with Crippen molar-refractivity contribution in [1.29, 1.82) is 0 Å². The van der Waals surface area contributed by atoms with Gasteiger partial charge >= 0.3 is 5.97 Å². The van der Waals surface area contributed by atoms with Crippen LogP contribution in [0.15, 0.2) is 35.6 Å². The van der Waals surface area contributed by atoms with Crippen molar-refractivity contribution in [1.82, 2.24) is 0 Å². The van der Waals surface area contributed by atoms with Crippen LogP contribution < -0.4 is 5.73 Å². The lowest BCUT2D eigenvalue weighted by molar-refractivity contribution is -0.132. The van der Waals surface area contributed by atoms with Crippen LogP contribution in [-0.4, -0.2) is 11.1 Å². The predicted molar refractivity (Wildman–Crippen MR) is 41.7 cm³/mol. The smallest absolute Gasteiger partial charge is 0.335 e. The summed E-state index contributed by atoms with van der Waals surface area (Å²) < 4.78 is 0. The van der Waals surface area contributed by atoms with Gasteiger partial charge in [-0.2, -0.15) is 0 Å². The standard InChI is InChI=1S/C8H9NO2/c9-7-3-1-2-6(4-5-7)8(10)11/h1-2,4-5H,3,9H2,(H,10,11). The lowest BCUT2D eigenvalue weighted by atomic mass is 10.2. The average Bonchev–Trinajstić information content (AvgIpc) is 2.13. The maximum atomic E-state index is 10.4. The highest BCUT2D eigenvalue weighted by atomic mass is 16.4. The van der Waals surface area contributed by atoms with Crippen LogP contribution in [-0.2, 0) is 4.79 Å². The topological polar surface area (TPSA) is 63.3 Å². The van der Waals surface area contributed by atoms with Gasteiger partial charge in [-0.15, -0.1) is 0 Å². The molecule has 3 nitrogen and oxygen atoms in total. The SMILES string of the molecule is NC1=CC=C(C(=O)O)C=CC1. The average molecular weight is 151 g/mol. The first kappa shape index (κ1) is 7.60. The van der Waals surface area contributed by atoms with Crippen molar-refractivity contribution in [3.05, 3.63) is 35.6 Å². The van der Waals surface area contributed by atoms with E-state index in [4.69, 9.17) is 10.8 Å². The Bertz CT molecular complexity index is 261. The fourth-order valence-corrected chi connectivity index (χ4v) is 0.785. The van der Waals surface area contributed by atoms with Gasteiger partial charge in [-0.1, -0.05) is 12.2 Å². The molecule has 0 amide bonds. The van der Waals surface area contributed by atoms with Gasteiger partial charge in [0.05, 0.1) is 5.57 Å². The first-order chi connectivity index (χ1) is 5.20. The molecule has 0 aliphatic heterocycles. The number of carbonyl (C=O) groups is 1. The molecule has 3 heteroatoms. The molecule has 11 heavy (non-hydrogen) atoms. The summed E-state index contributed by atoms with van der Waals surface area (Å²) >= 11 is 0. The zero-order valence-corrected chi connectivity index (χ0v) is 5.95. The Kier molecular flexibility index (Phi) is 2.11. The van der Waals surface area contributed by atoms with E-state index in [1.165, 1.54) is 6.08 Å². The number of carboxylic acids is 1. The van der Waals surface area contributed by atoms with E-state index in [9.17, 15) is 4.79 Å². The highest BCUT2D eigenvalue weighted by molar-refractivity contribution is 5.90. The third-order valence-corrected chi connectivity index (χ3v) is 1.37. The van der Waals surface area contributed by atoms with Crippen LogP contribution in [0, 0.1) is 0 Å². The van der Waals surface area contributed by atoms with Gasteiger partial charge in [0.15, 0.2) is 0 Å². The molecular formula is C8H9NO2. The van der Waals surface area contributed by atoms with Crippen LogP contribution >= 0.6 is 0 Å². The van der Waals surface area contributed by atoms with Crippen molar-refractivity contribution >= 4 is 5.97 Å². The Balaban J connectivity index is 2.89. The number of carboxylic acid groups (broad SMARTS) is 1. The monoisotopic (exact) mass is 151 g/mol. The first-order valence-corrected chi connectivity index (χ1v) is 3.26. The van der Waals surface area contributed by atoms with Crippen LogP contribution in [0.5, 0.6) is 0 Å². The summed E-state index contributed by atoms with van der Waals surface area (Å²) in [7, 11) is 0. The van der Waals surface area contributed by atoms with Gasteiger partial charge in [0, 0.05) is 12.1 Å². The minimum absolute atomic E-state index is 0.269. The second kappa shape index (κ2) is 3.05. The third-order valence-electron chi connectivity index (χ3n) is 1.37. The van der Waals surface area contributed by atoms with E-state index in [2.05, 4.69) is 0 Å². The van der Waals surface area contributed by atoms with Gasteiger partial charge in [-0.25, -0.2) is 4.79 Å². The van der Waals surface area contributed by atoms with Crippen LogP contribution in [0.25, 0.3) is 0 Å². The number of aliphatic carboxylic acids is 1. The Morgan fingerprint density at radius 2 is 2.27 bits per heavy atom. The molecule has 0 fully saturated rings. The fraction of sp³-hybridized carbons (Fsp3) is 0.125. The van der Waals surface area contributed by atoms with Crippen LogP contribution in [0.1, 0.15) is 6.42 Å². The summed E-state index contributed by atoms with van der Waals surface area (Å²) in [5.41, 5.74) is 6.42. The van der Waals surface area contributed by atoms with E-state index in [-0.39, 0.29) is 5.57 Å².